The molecule has 13 heavy (non-hydrogen) atoms. The van der Waals surface area contributed by atoms with E-state index in [-0.39, 0.29) is 0 Å². The molecule has 2 heteroatoms. The third kappa shape index (κ3) is 2.19. The Morgan fingerprint density at radius 1 is 1.46 bits per heavy atom. The smallest absolute Gasteiger partial charge is 0.0612 e. The van der Waals surface area contributed by atoms with Gasteiger partial charge in [-0.25, -0.2) is 0 Å². The second kappa shape index (κ2) is 4.05. The average Bonchev–Trinajstić information content (AvgIpc) is 2.19. The van der Waals surface area contributed by atoms with Crippen molar-refractivity contribution in [2.45, 2.75) is 25.3 Å². The molecule has 0 aromatic carbocycles. The zero-order valence-corrected chi connectivity index (χ0v) is 8.57. The van der Waals surface area contributed by atoms with E-state index < -0.39 is 0 Å². The molecule has 1 unspecified atom stereocenters. The van der Waals surface area contributed by atoms with Crippen LogP contribution in [0.2, 0.25) is 0 Å². The summed E-state index contributed by atoms with van der Waals surface area (Å²) < 4.78 is 0. The Hall–Kier alpha value is -0.630. The minimum absolute atomic E-state index is 0.519. The summed E-state index contributed by atoms with van der Waals surface area (Å²) in [5, 5.41) is 4.56. The molecule has 1 nitrogen and oxygen atoms in total. The van der Waals surface area contributed by atoms with Gasteiger partial charge in [-0.2, -0.15) is 0 Å². The Morgan fingerprint density at radius 2 is 2.38 bits per heavy atom. The van der Waals surface area contributed by atoms with Crippen LogP contribution in [0.25, 0.3) is 0 Å². The van der Waals surface area contributed by atoms with Crippen LogP contribution in [0.5, 0.6) is 0 Å². The Bertz CT molecular complexity index is 265. The van der Waals surface area contributed by atoms with Gasteiger partial charge < -0.3 is 5.32 Å². The number of rotatable bonds is 1. The van der Waals surface area contributed by atoms with Crippen LogP contribution in [0.15, 0.2) is 35.4 Å². The van der Waals surface area contributed by atoms with E-state index in [0.717, 1.165) is 5.03 Å². The van der Waals surface area contributed by atoms with Crippen LogP contribution in [-0.2, 0) is 0 Å². The van der Waals surface area contributed by atoms with Gasteiger partial charge in [0.15, 0.2) is 0 Å². The van der Waals surface area contributed by atoms with Gasteiger partial charge in [0.1, 0.15) is 0 Å². The van der Waals surface area contributed by atoms with Crippen molar-refractivity contribution in [3.05, 3.63) is 35.4 Å². The molecule has 1 aliphatic carbocycles. The lowest BCUT2D eigenvalue weighted by molar-refractivity contribution is 0.636. The standard InChI is InChI=1S/C11H15NS/c1-9-12-11(7-8-13-9)10-5-3-2-4-6-10/h3,5-6,11-12H,1-2,4,7-8H2. The van der Waals surface area contributed by atoms with Gasteiger partial charge in [-0.05, 0) is 24.8 Å². The monoisotopic (exact) mass is 193 g/mol. The van der Waals surface area contributed by atoms with Gasteiger partial charge in [0.25, 0.3) is 0 Å². The maximum Gasteiger partial charge on any atom is 0.0612 e. The fourth-order valence-corrected chi connectivity index (χ4v) is 2.58. The average molecular weight is 193 g/mol. The molecule has 70 valence electrons. The number of thioether (sulfide) groups is 1. The van der Waals surface area contributed by atoms with Crippen LogP contribution in [0.4, 0.5) is 0 Å². The molecule has 0 saturated carbocycles. The molecular formula is C11H15NS. The van der Waals surface area contributed by atoms with Crippen molar-refractivity contribution in [1.82, 2.24) is 5.32 Å². The van der Waals surface area contributed by atoms with Gasteiger partial charge in [-0.3, -0.25) is 0 Å². The van der Waals surface area contributed by atoms with Crippen molar-refractivity contribution in [3.8, 4) is 0 Å². The minimum atomic E-state index is 0.519. The van der Waals surface area contributed by atoms with Crippen molar-refractivity contribution in [3.63, 3.8) is 0 Å². The summed E-state index contributed by atoms with van der Waals surface area (Å²) in [6, 6.07) is 0.519. The summed E-state index contributed by atoms with van der Waals surface area (Å²) in [7, 11) is 0. The van der Waals surface area contributed by atoms with E-state index in [1.165, 1.54) is 30.6 Å². The van der Waals surface area contributed by atoms with E-state index in [1.807, 2.05) is 11.8 Å². The zero-order chi connectivity index (χ0) is 9.10. The summed E-state index contributed by atoms with van der Waals surface area (Å²) in [6.45, 7) is 3.96. The molecule has 0 aromatic rings. The Morgan fingerprint density at radius 3 is 3.08 bits per heavy atom. The highest BCUT2D eigenvalue weighted by molar-refractivity contribution is 8.03. The van der Waals surface area contributed by atoms with Gasteiger partial charge in [0, 0.05) is 5.75 Å². The lowest BCUT2D eigenvalue weighted by Gasteiger charge is -2.27. The lowest BCUT2D eigenvalue weighted by atomic mass is 9.98. The van der Waals surface area contributed by atoms with E-state index in [9.17, 15) is 0 Å². The number of hydrogen-bond donors (Lipinski definition) is 1. The second-order valence-corrected chi connectivity index (χ2v) is 4.63. The third-order valence-electron chi connectivity index (χ3n) is 2.44. The third-order valence-corrected chi connectivity index (χ3v) is 3.35. The predicted molar refractivity (Wildman–Crippen MR) is 59.6 cm³/mol. The summed E-state index contributed by atoms with van der Waals surface area (Å²) in [6.07, 6.45) is 10.5. The Balaban J connectivity index is 2.03. The number of hydrogen-bond acceptors (Lipinski definition) is 2. The fraction of sp³-hybridized carbons (Fsp3) is 0.455. The molecule has 1 saturated heterocycles. The van der Waals surface area contributed by atoms with Crippen LogP contribution in [-0.4, -0.2) is 11.8 Å². The highest BCUT2D eigenvalue weighted by Crippen LogP contribution is 2.25. The summed E-state index contributed by atoms with van der Waals surface area (Å²) in [5.41, 5.74) is 1.45. The van der Waals surface area contributed by atoms with Gasteiger partial charge >= 0.3 is 0 Å². The molecule has 1 atom stereocenters. The maximum atomic E-state index is 3.96. The molecule has 2 aliphatic rings. The minimum Gasteiger partial charge on any atom is -0.374 e. The van der Waals surface area contributed by atoms with Gasteiger partial charge in [0.2, 0.25) is 0 Å². The van der Waals surface area contributed by atoms with Gasteiger partial charge in [-0.15, -0.1) is 11.8 Å². The van der Waals surface area contributed by atoms with Crippen molar-refractivity contribution < 1.29 is 0 Å². The number of nitrogens with one attached hydrogen (secondary N) is 1. The maximum absolute atomic E-state index is 3.96. The molecule has 0 radical (unpaired) electrons. The SMILES string of the molecule is C=C1NC(C2=CCCC=C2)CCS1. The van der Waals surface area contributed by atoms with Crippen molar-refractivity contribution in [2.75, 3.05) is 5.75 Å². The zero-order valence-electron chi connectivity index (χ0n) is 7.75. The molecule has 0 spiro atoms. The normalized spacial score (nSPS) is 28.2. The first kappa shape index (κ1) is 8.95. The molecule has 0 amide bonds. The Kier molecular flexibility index (Phi) is 2.79. The Labute approximate surface area is 84.0 Å². The van der Waals surface area contributed by atoms with Gasteiger partial charge in [-0.1, -0.05) is 24.8 Å². The van der Waals surface area contributed by atoms with E-state index in [0.29, 0.717) is 6.04 Å². The molecule has 1 aliphatic heterocycles. The number of allylic oxidation sites excluding steroid dienone is 2. The molecule has 0 aromatic heterocycles. The highest BCUT2D eigenvalue weighted by Gasteiger charge is 2.17. The largest absolute Gasteiger partial charge is 0.374 e. The first-order chi connectivity index (χ1) is 6.36. The van der Waals surface area contributed by atoms with E-state index >= 15 is 0 Å². The molecule has 1 N–H and O–H groups in total. The first-order valence-electron chi connectivity index (χ1n) is 4.81. The molecule has 0 bridgehead atoms. The predicted octanol–water partition coefficient (Wildman–Crippen LogP) is 2.83. The van der Waals surface area contributed by atoms with Crippen molar-refractivity contribution >= 4 is 11.8 Å². The highest BCUT2D eigenvalue weighted by atomic mass is 32.2. The van der Waals surface area contributed by atoms with Crippen LogP contribution < -0.4 is 5.32 Å². The first-order valence-corrected chi connectivity index (χ1v) is 5.79. The summed E-state index contributed by atoms with van der Waals surface area (Å²) >= 11 is 1.83. The van der Waals surface area contributed by atoms with E-state index in [2.05, 4.69) is 30.1 Å². The van der Waals surface area contributed by atoms with Gasteiger partial charge in [0.05, 0.1) is 11.1 Å². The summed E-state index contributed by atoms with van der Waals surface area (Å²) in [5.74, 6) is 1.20. The van der Waals surface area contributed by atoms with Crippen molar-refractivity contribution in [1.29, 1.82) is 0 Å². The fourth-order valence-electron chi connectivity index (χ4n) is 1.75. The molecule has 1 fully saturated rings. The summed E-state index contributed by atoms with van der Waals surface area (Å²) in [4.78, 5) is 0. The van der Waals surface area contributed by atoms with Crippen LogP contribution in [0, 0.1) is 0 Å². The van der Waals surface area contributed by atoms with Crippen LogP contribution in [0.3, 0.4) is 0 Å². The molecule has 1 heterocycles. The topological polar surface area (TPSA) is 12.0 Å². The lowest BCUT2D eigenvalue weighted by Crippen LogP contribution is -2.33. The van der Waals surface area contributed by atoms with E-state index in [1.54, 1.807) is 0 Å². The van der Waals surface area contributed by atoms with E-state index in [4.69, 9.17) is 0 Å². The quantitative estimate of drug-likeness (QED) is 0.687. The van der Waals surface area contributed by atoms with Crippen molar-refractivity contribution in [2.24, 2.45) is 0 Å². The molecular weight excluding hydrogens is 178 g/mol. The van der Waals surface area contributed by atoms with Crippen LogP contribution in [0.1, 0.15) is 19.3 Å². The molecule has 2 rings (SSSR count). The second-order valence-electron chi connectivity index (χ2n) is 3.44. The van der Waals surface area contributed by atoms with Crippen LogP contribution >= 0.6 is 11.8 Å².